The summed E-state index contributed by atoms with van der Waals surface area (Å²) in [7, 11) is 0. The molecule has 0 amide bonds. The third-order valence-corrected chi connectivity index (χ3v) is 1.94. The number of hydrogen-bond acceptors (Lipinski definition) is 3. The second-order valence-corrected chi connectivity index (χ2v) is 3.53. The lowest BCUT2D eigenvalue weighted by molar-refractivity contribution is -0.295. The fourth-order valence-electron chi connectivity index (χ4n) is 1.17. The molecule has 1 heterocycles. The second kappa shape index (κ2) is 3.09. The first-order valence-electron chi connectivity index (χ1n) is 3.98. The zero-order valence-corrected chi connectivity index (χ0v) is 7.33. The average molecular weight is 160 g/mol. The lowest BCUT2D eigenvalue weighted by Crippen LogP contribution is -2.46. The van der Waals surface area contributed by atoms with Crippen molar-refractivity contribution in [3.63, 3.8) is 0 Å². The third-order valence-electron chi connectivity index (χ3n) is 1.94. The van der Waals surface area contributed by atoms with Crippen LogP contribution in [-0.4, -0.2) is 30.2 Å². The van der Waals surface area contributed by atoms with Gasteiger partial charge in [-0.15, -0.1) is 0 Å². The van der Waals surface area contributed by atoms with Crippen LogP contribution in [0.3, 0.4) is 0 Å². The van der Waals surface area contributed by atoms with Gasteiger partial charge in [-0.25, -0.2) is 0 Å². The van der Waals surface area contributed by atoms with E-state index in [0.717, 1.165) is 0 Å². The minimum Gasteiger partial charge on any atom is -0.394 e. The Labute approximate surface area is 67.3 Å². The molecule has 66 valence electrons. The van der Waals surface area contributed by atoms with Crippen LogP contribution in [0.4, 0.5) is 0 Å². The molecule has 1 saturated heterocycles. The molecular weight excluding hydrogens is 144 g/mol. The molecule has 1 unspecified atom stereocenters. The highest BCUT2D eigenvalue weighted by molar-refractivity contribution is 4.73. The SMILES string of the molecule is CC1COC(C)(C)O[C@@H]1CO. The van der Waals surface area contributed by atoms with E-state index in [1.54, 1.807) is 0 Å². The van der Waals surface area contributed by atoms with Gasteiger partial charge >= 0.3 is 0 Å². The second-order valence-electron chi connectivity index (χ2n) is 3.53. The van der Waals surface area contributed by atoms with Gasteiger partial charge in [0, 0.05) is 5.92 Å². The Morgan fingerprint density at radius 1 is 1.55 bits per heavy atom. The smallest absolute Gasteiger partial charge is 0.163 e. The molecule has 0 radical (unpaired) electrons. The van der Waals surface area contributed by atoms with Crippen LogP contribution in [0, 0.1) is 5.92 Å². The number of rotatable bonds is 1. The molecule has 0 aromatic carbocycles. The minimum absolute atomic E-state index is 0.0706. The molecule has 1 fully saturated rings. The Kier molecular flexibility index (Phi) is 2.52. The maximum atomic E-state index is 8.91. The summed E-state index contributed by atoms with van der Waals surface area (Å²) in [6, 6.07) is 0. The van der Waals surface area contributed by atoms with Gasteiger partial charge in [-0.1, -0.05) is 6.92 Å². The van der Waals surface area contributed by atoms with Crippen LogP contribution >= 0.6 is 0 Å². The predicted octanol–water partition coefficient (Wildman–Crippen LogP) is 0.766. The summed E-state index contributed by atoms with van der Waals surface area (Å²) in [6.45, 7) is 6.48. The monoisotopic (exact) mass is 160 g/mol. The van der Waals surface area contributed by atoms with Crippen LogP contribution < -0.4 is 0 Å². The van der Waals surface area contributed by atoms with Gasteiger partial charge in [-0.2, -0.15) is 0 Å². The fourth-order valence-corrected chi connectivity index (χ4v) is 1.17. The maximum absolute atomic E-state index is 8.91. The molecule has 3 nitrogen and oxygen atoms in total. The van der Waals surface area contributed by atoms with Gasteiger partial charge in [0.05, 0.1) is 19.3 Å². The number of ether oxygens (including phenoxy) is 2. The van der Waals surface area contributed by atoms with Crippen molar-refractivity contribution < 1.29 is 14.6 Å². The van der Waals surface area contributed by atoms with E-state index in [1.165, 1.54) is 0 Å². The highest BCUT2D eigenvalue weighted by atomic mass is 16.7. The van der Waals surface area contributed by atoms with Crippen molar-refractivity contribution in [2.75, 3.05) is 13.2 Å². The van der Waals surface area contributed by atoms with Crippen LogP contribution in [0.15, 0.2) is 0 Å². The maximum Gasteiger partial charge on any atom is 0.163 e. The van der Waals surface area contributed by atoms with E-state index >= 15 is 0 Å². The van der Waals surface area contributed by atoms with Crippen LogP contribution in [0.2, 0.25) is 0 Å². The zero-order chi connectivity index (χ0) is 8.48. The van der Waals surface area contributed by atoms with Crippen LogP contribution in [-0.2, 0) is 9.47 Å². The van der Waals surface area contributed by atoms with E-state index in [9.17, 15) is 0 Å². The summed E-state index contributed by atoms with van der Waals surface area (Å²) in [5.41, 5.74) is 0. The Hall–Kier alpha value is -0.120. The van der Waals surface area contributed by atoms with E-state index in [4.69, 9.17) is 14.6 Å². The van der Waals surface area contributed by atoms with Crippen molar-refractivity contribution in [3.8, 4) is 0 Å². The zero-order valence-electron chi connectivity index (χ0n) is 7.33. The molecule has 0 spiro atoms. The van der Waals surface area contributed by atoms with Crippen LogP contribution in [0.5, 0.6) is 0 Å². The van der Waals surface area contributed by atoms with Gasteiger partial charge in [0.25, 0.3) is 0 Å². The lowest BCUT2D eigenvalue weighted by atomic mass is 10.0. The summed E-state index contributed by atoms with van der Waals surface area (Å²) < 4.78 is 10.8. The minimum atomic E-state index is -0.528. The van der Waals surface area contributed by atoms with E-state index in [0.29, 0.717) is 6.61 Å². The topological polar surface area (TPSA) is 38.7 Å². The van der Waals surface area contributed by atoms with Crippen molar-refractivity contribution >= 4 is 0 Å². The average Bonchev–Trinajstić information content (AvgIpc) is 1.94. The molecule has 3 heteroatoms. The van der Waals surface area contributed by atoms with Gasteiger partial charge < -0.3 is 14.6 Å². The van der Waals surface area contributed by atoms with E-state index in [2.05, 4.69) is 0 Å². The molecule has 2 atom stereocenters. The number of aliphatic hydroxyl groups excluding tert-OH is 1. The van der Waals surface area contributed by atoms with Crippen LogP contribution in [0.1, 0.15) is 20.8 Å². The third kappa shape index (κ3) is 2.15. The highest BCUT2D eigenvalue weighted by Crippen LogP contribution is 2.25. The fraction of sp³-hybridized carbons (Fsp3) is 1.00. The molecule has 1 N–H and O–H groups in total. The van der Waals surface area contributed by atoms with Gasteiger partial charge in [0.1, 0.15) is 0 Å². The lowest BCUT2D eigenvalue weighted by Gasteiger charge is -2.39. The molecule has 1 aliphatic heterocycles. The van der Waals surface area contributed by atoms with E-state index < -0.39 is 5.79 Å². The standard InChI is InChI=1S/C8H16O3/c1-6-5-10-8(2,3)11-7(6)4-9/h6-7,9H,4-5H2,1-3H3/t6?,7-/m1/s1. The normalized spacial score (nSPS) is 37.1. The molecule has 1 aliphatic rings. The Morgan fingerprint density at radius 3 is 2.64 bits per heavy atom. The van der Waals surface area contributed by atoms with Gasteiger partial charge in [-0.3, -0.25) is 0 Å². The molecule has 0 aliphatic carbocycles. The van der Waals surface area contributed by atoms with Crippen molar-refractivity contribution in [1.82, 2.24) is 0 Å². The Balaban J connectivity index is 2.51. The van der Waals surface area contributed by atoms with E-state index in [1.807, 2.05) is 20.8 Å². The molecule has 0 aromatic rings. The molecule has 1 rings (SSSR count). The summed E-state index contributed by atoms with van der Waals surface area (Å²) in [5, 5.41) is 8.91. The van der Waals surface area contributed by atoms with Crippen LogP contribution in [0.25, 0.3) is 0 Å². The van der Waals surface area contributed by atoms with Gasteiger partial charge in [-0.05, 0) is 13.8 Å². The number of hydrogen-bond donors (Lipinski definition) is 1. The first-order valence-corrected chi connectivity index (χ1v) is 3.98. The Morgan fingerprint density at radius 2 is 2.18 bits per heavy atom. The summed E-state index contributed by atoms with van der Waals surface area (Å²) in [5.74, 6) is -0.243. The highest BCUT2D eigenvalue weighted by Gasteiger charge is 2.33. The van der Waals surface area contributed by atoms with Crippen molar-refractivity contribution in [1.29, 1.82) is 0 Å². The van der Waals surface area contributed by atoms with Crippen molar-refractivity contribution in [2.45, 2.75) is 32.7 Å². The molecule has 0 bridgehead atoms. The summed E-state index contributed by atoms with van der Waals surface area (Å²) in [6.07, 6.45) is -0.0706. The first kappa shape index (κ1) is 8.97. The molecule has 11 heavy (non-hydrogen) atoms. The van der Waals surface area contributed by atoms with Gasteiger partial charge in [0.15, 0.2) is 5.79 Å². The molecule has 0 saturated carbocycles. The molecular formula is C8H16O3. The summed E-state index contributed by atoms with van der Waals surface area (Å²) in [4.78, 5) is 0. The Bertz CT molecular complexity index is 133. The largest absolute Gasteiger partial charge is 0.394 e. The van der Waals surface area contributed by atoms with E-state index in [-0.39, 0.29) is 18.6 Å². The first-order chi connectivity index (χ1) is 5.05. The number of aliphatic hydroxyl groups is 1. The van der Waals surface area contributed by atoms with Crippen molar-refractivity contribution in [2.24, 2.45) is 5.92 Å². The quantitative estimate of drug-likeness (QED) is 0.615. The molecule has 0 aromatic heterocycles. The van der Waals surface area contributed by atoms with Gasteiger partial charge in [0.2, 0.25) is 0 Å². The summed E-state index contributed by atoms with van der Waals surface area (Å²) >= 11 is 0. The predicted molar refractivity (Wildman–Crippen MR) is 41.2 cm³/mol. The van der Waals surface area contributed by atoms with Crippen molar-refractivity contribution in [3.05, 3.63) is 0 Å².